The normalized spacial score (nSPS) is 13.8. The Hall–Kier alpha value is -4.64. The Morgan fingerprint density at radius 2 is 1.63 bits per heavy atom. The van der Waals surface area contributed by atoms with Crippen molar-refractivity contribution in [3.8, 4) is 11.3 Å². The van der Waals surface area contributed by atoms with Crippen LogP contribution in [0.15, 0.2) is 59.1 Å². The zero-order chi connectivity index (χ0) is 26.6. The molecule has 1 saturated heterocycles. The van der Waals surface area contributed by atoms with Crippen molar-refractivity contribution >= 4 is 34.9 Å². The van der Waals surface area contributed by atoms with E-state index in [1.54, 1.807) is 25.1 Å². The quantitative estimate of drug-likeness (QED) is 0.301. The van der Waals surface area contributed by atoms with Gasteiger partial charge in [-0.25, -0.2) is 4.79 Å². The first-order valence-electron chi connectivity index (χ1n) is 12.4. The van der Waals surface area contributed by atoms with Gasteiger partial charge in [0.05, 0.1) is 5.69 Å². The van der Waals surface area contributed by atoms with Crippen molar-refractivity contribution in [3.63, 3.8) is 0 Å². The summed E-state index contributed by atoms with van der Waals surface area (Å²) in [6.07, 6.45) is 0. The number of piperazine rings is 1. The molecule has 1 aliphatic heterocycles. The number of anilines is 4. The number of aromatic nitrogens is 3. The summed E-state index contributed by atoms with van der Waals surface area (Å²) in [6, 6.07) is 16.2. The Labute approximate surface area is 220 Å². The van der Waals surface area contributed by atoms with Gasteiger partial charge in [0.25, 0.3) is 5.91 Å². The fourth-order valence-electron chi connectivity index (χ4n) is 4.29. The Morgan fingerprint density at radius 3 is 2.29 bits per heavy atom. The van der Waals surface area contributed by atoms with E-state index in [0.717, 1.165) is 48.7 Å². The van der Waals surface area contributed by atoms with E-state index in [1.165, 1.54) is 0 Å². The van der Waals surface area contributed by atoms with Crippen LogP contribution in [0.25, 0.3) is 11.3 Å². The number of amides is 3. The largest absolute Gasteiger partial charge is 0.369 e. The molecule has 2 aromatic carbocycles. The number of nitrogens with one attached hydrogen (secondary N) is 4. The summed E-state index contributed by atoms with van der Waals surface area (Å²) < 4.78 is 4.94. The number of carbonyl (C=O) groups is 2. The number of aromatic amines is 1. The van der Waals surface area contributed by atoms with E-state index in [2.05, 4.69) is 48.2 Å². The van der Waals surface area contributed by atoms with Gasteiger partial charge in [0.15, 0.2) is 11.6 Å². The van der Waals surface area contributed by atoms with Gasteiger partial charge in [0.1, 0.15) is 5.76 Å². The molecule has 5 rings (SSSR count). The zero-order valence-corrected chi connectivity index (χ0v) is 21.5. The Bertz CT molecular complexity index is 1420. The number of hydrogen-bond acceptors (Lipinski definition) is 7. The smallest absolute Gasteiger partial charge is 0.324 e. The van der Waals surface area contributed by atoms with Gasteiger partial charge < -0.3 is 25.0 Å². The van der Waals surface area contributed by atoms with Gasteiger partial charge >= 0.3 is 6.03 Å². The van der Waals surface area contributed by atoms with Crippen molar-refractivity contribution in [1.29, 1.82) is 0 Å². The molecular formula is C27H30N8O3. The van der Waals surface area contributed by atoms with Crippen LogP contribution in [0.5, 0.6) is 0 Å². The highest BCUT2D eigenvalue weighted by Crippen LogP contribution is 2.27. The Balaban J connectivity index is 1.19. The highest BCUT2D eigenvalue weighted by Gasteiger charge is 2.17. The standard InChI is InChI=1S/C27H30N8O3/c1-17-16-23(33-38-17)29-27(37)28-21-8-4-19(5-9-21)24-18(2)25(32-31-24)30-26(36)20-6-10-22(11-7-20)35-14-12-34(3)13-15-35/h4-11,16H,12-15H2,1-3H3,(H2,28,29,33,37)(H2,30,31,32,36). The predicted molar refractivity (Wildman–Crippen MR) is 147 cm³/mol. The minimum Gasteiger partial charge on any atom is -0.369 e. The molecule has 4 N–H and O–H groups in total. The molecule has 196 valence electrons. The maximum Gasteiger partial charge on any atom is 0.324 e. The van der Waals surface area contributed by atoms with Crippen molar-refractivity contribution in [1.82, 2.24) is 20.3 Å². The number of H-pyrrole nitrogens is 1. The Morgan fingerprint density at radius 1 is 0.921 bits per heavy atom. The van der Waals surface area contributed by atoms with Crippen LogP contribution in [0, 0.1) is 13.8 Å². The summed E-state index contributed by atoms with van der Waals surface area (Å²) in [5.41, 5.74) is 4.76. The second-order valence-corrected chi connectivity index (χ2v) is 9.34. The first kappa shape index (κ1) is 25.0. The van der Waals surface area contributed by atoms with E-state index in [9.17, 15) is 9.59 Å². The molecule has 1 aliphatic rings. The van der Waals surface area contributed by atoms with Gasteiger partial charge in [-0.2, -0.15) is 5.10 Å². The maximum absolute atomic E-state index is 12.9. The van der Waals surface area contributed by atoms with Gasteiger partial charge in [-0.1, -0.05) is 17.3 Å². The molecule has 0 bridgehead atoms. The van der Waals surface area contributed by atoms with E-state index in [1.807, 2.05) is 43.3 Å². The van der Waals surface area contributed by atoms with Crippen LogP contribution in [-0.4, -0.2) is 65.4 Å². The number of urea groups is 1. The number of hydrogen-bond donors (Lipinski definition) is 4. The van der Waals surface area contributed by atoms with E-state index in [-0.39, 0.29) is 5.91 Å². The molecule has 1 fully saturated rings. The maximum atomic E-state index is 12.9. The van der Waals surface area contributed by atoms with E-state index < -0.39 is 6.03 Å². The summed E-state index contributed by atoms with van der Waals surface area (Å²) in [5.74, 6) is 1.20. The lowest BCUT2D eigenvalue weighted by Gasteiger charge is -2.34. The van der Waals surface area contributed by atoms with Crippen LogP contribution >= 0.6 is 0 Å². The second-order valence-electron chi connectivity index (χ2n) is 9.34. The lowest BCUT2D eigenvalue weighted by Crippen LogP contribution is -2.44. The topological polar surface area (TPSA) is 131 Å². The SMILES string of the molecule is Cc1cc(NC(=O)Nc2ccc(-c3[nH]nc(NC(=O)c4ccc(N5CCN(C)CC5)cc4)c3C)cc2)no1. The number of likely N-dealkylation sites (N-methyl/N-ethyl adjacent to an activating group) is 1. The number of nitrogens with zero attached hydrogens (tertiary/aromatic N) is 4. The van der Waals surface area contributed by atoms with Gasteiger partial charge in [-0.05, 0) is 57.3 Å². The van der Waals surface area contributed by atoms with Crippen LogP contribution < -0.4 is 20.9 Å². The fraction of sp³-hybridized carbons (Fsp3) is 0.259. The molecule has 0 unspecified atom stereocenters. The highest BCUT2D eigenvalue weighted by molar-refractivity contribution is 6.04. The highest BCUT2D eigenvalue weighted by atomic mass is 16.5. The van der Waals surface area contributed by atoms with Gasteiger partial charge in [0, 0.05) is 60.3 Å². The molecule has 4 aromatic rings. The number of aryl methyl sites for hydroxylation is 1. The molecule has 11 heteroatoms. The van der Waals surface area contributed by atoms with Crippen LogP contribution in [0.4, 0.5) is 27.8 Å². The number of carbonyl (C=O) groups excluding carboxylic acids is 2. The summed E-state index contributed by atoms with van der Waals surface area (Å²) >= 11 is 0. The van der Waals surface area contributed by atoms with Crippen molar-refractivity contribution in [2.75, 3.05) is 54.1 Å². The lowest BCUT2D eigenvalue weighted by molar-refractivity contribution is 0.102. The van der Waals surface area contributed by atoms with Crippen molar-refractivity contribution < 1.29 is 14.1 Å². The van der Waals surface area contributed by atoms with E-state index >= 15 is 0 Å². The van der Waals surface area contributed by atoms with Crippen LogP contribution in [0.3, 0.4) is 0 Å². The summed E-state index contributed by atoms with van der Waals surface area (Å²) in [7, 11) is 2.13. The first-order chi connectivity index (χ1) is 18.4. The third kappa shape index (κ3) is 5.68. The number of rotatable bonds is 6. The average Bonchev–Trinajstić information content (AvgIpc) is 3.49. The first-order valence-corrected chi connectivity index (χ1v) is 12.4. The monoisotopic (exact) mass is 514 g/mol. The molecule has 0 radical (unpaired) electrons. The lowest BCUT2D eigenvalue weighted by atomic mass is 10.1. The number of benzene rings is 2. The van der Waals surface area contributed by atoms with Crippen LogP contribution in [0.1, 0.15) is 21.7 Å². The molecule has 0 atom stereocenters. The van der Waals surface area contributed by atoms with Gasteiger partial charge in [0.2, 0.25) is 0 Å². The summed E-state index contributed by atoms with van der Waals surface area (Å²) in [4.78, 5) is 29.7. The summed E-state index contributed by atoms with van der Waals surface area (Å²) in [5, 5.41) is 19.3. The molecule has 0 spiro atoms. The molecule has 3 heterocycles. The average molecular weight is 515 g/mol. The molecule has 2 aromatic heterocycles. The van der Waals surface area contributed by atoms with Crippen molar-refractivity contribution in [3.05, 3.63) is 71.5 Å². The van der Waals surface area contributed by atoms with Crippen molar-refractivity contribution in [2.45, 2.75) is 13.8 Å². The predicted octanol–water partition coefficient (Wildman–Crippen LogP) is 4.33. The molecule has 3 amide bonds. The third-order valence-corrected chi connectivity index (χ3v) is 6.54. The Kier molecular flexibility index (Phi) is 7.09. The molecule has 38 heavy (non-hydrogen) atoms. The minimum atomic E-state index is -0.426. The molecule has 0 aliphatic carbocycles. The van der Waals surface area contributed by atoms with Crippen molar-refractivity contribution in [2.24, 2.45) is 0 Å². The molecule has 0 saturated carbocycles. The third-order valence-electron chi connectivity index (χ3n) is 6.54. The molecular weight excluding hydrogens is 484 g/mol. The zero-order valence-electron chi connectivity index (χ0n) is 21.5. The minimum absolute atomic E-state index is 0.219. The molecule has 11 nitrogen and oxygen atoms in total. The van der Waals surface area contributed by atoms with Crippen LogP contribution in [-0.2, 0) is 0 Å². The van der Waals surface area contributed by atoms with E-state index in [0.29, 0.717) is 28.6 Å². The van der Waals surface area contributed by atoms with Crippen LogP contribution in [0.2, 0.25) is 0 Å². The summed E-state index contributed by atoms with van der Waals surface area (Å²) in [6.45, 7) is 7.65. The van der Waals surface area contributed by atoms with Gasteiger partial charge in [-0.3, -0.25) is 15.2 Å². The van der Waals surface area contributed by atoms with Gasteiger partial charge in [-0.15, -0.1) is 0 Å². The second kappa shape index (κ2) is 10.8. The fourth-order valence-corrected chi connectivity index (χ4v) is 4.29. The van der Waals surface area contributed by atoms with E-state index in [4.69, 9.17) is 4.52 Å².